The maximum atomic E-state index is 9.32. The van der Waals surface area contributed by atoms with E-state index in [-0.39, 0.29) is 21.1 Å². The molecule has 0 amide bonds. The van der Waals surface area contributed by atoms with E-state index in [0.29, 0.717) is 0 Å². The molecular weight excluding hydrogens is 207 g/mol. The van der Waals surface area contributed by atoms with E-state index in [1.54, 1.807) is 0 Å². The molecule has 0 aliphatic heterocycles. The van der Waals surface area contributed by atoms with E-state index in [2.05, 4.69) is 24.5 Å². The van der Waals surface area contributed by atoms with Crippen LogP contribution >= 0.6 is 30.7 Å². The molecule has 1 nitrogen and oxygen atoms in total. The quantitative estimate of drug-likeness (QED) is 0.351. The number of hydrogen-bond donors (Lipinski definition) is 2. The second-order valence-electron chi connectivity index (χ2n) is 0.253. The summed E-state index contributed by atoms with van der Waals surface area (Å²) in [5.74, 6) is 0. The number of rotatable bonds is 0. The first-order valence-corrected chi connectivity index (χ1v) is 4.15. The van der Waals surface area contributed by atoms with Gasteiger partial charge >= 0.3 is 6.20 Å². The van der Waals surface area contributed by atoms with Crippen molar-refractivity contribution in [2.75, 3.05) is 0 Å². The first-order valence-electron chi connectivity index (χ1n) is 0.583. The fourth-order valence-corrected chi connectivity index (χ4v) is 0. The SMILES string of the molecule is O=[P+](S)S.[Mo]. The summed E-state index contributed by atoms with van der Waals surface area (Å²) in [6.45, 7) is 0. The Morgan fingerprint density at radius 3 is 1.40 bits per heavy atom. The summed E-state index contributed by atoms with van der Waals surface area (Å²) in [6, 6.07) is 0. The normalized spacial score (nSPS) is 5.20. The molecule has 0 aliphatic rings. The Hall–Kier alpha value is 1.49. The zero-order valence-electron chi connectivity index (χ0n) is 2.16. The van der Waals surface area contributed by atoms with Crippen LogP contribution in [0.3, 0.4) is 0 Å². The van der Waals surface area contributed by atoms with Gasteiger partial charge in [0.2, 0.25) is 0 Å². The zero-order chi connectivity index (χ0) is 3.58. The summed E-state index contributed by atoms with van der Waals surface area (Å²) in [6.07, 6.45) is -1.48. The van der Waals surface area contributed by atoms with E-state index in [9.17, 15) is 4.57 Å². The van der Waals surface area contributed by atoms with Crippen LogP contribution in [0.5, 0.6) is 0 Å². The molecule has 0 aromatic carbocycles. The summed E-state index contributed by atoms with van der Waals surface area (Å²) in [4.78, 5) is 0. The topological polar surface area (TPSA) is 17.1 Å². The summed E-state index contributed by atoms with van der Waals surface area (Å²) in [5, 5.41) is 0. The van der Waals surface area contributed by atoms with Gasteiger partial charge in [0.25, 0.3) is 0 Å². The fourth-order valence-electron chi connectivity index (χ4n) is 0. The molecule has 0 spiro atoms. The molecule has 0 fully saturated rings. The molecule has 30 valence electrons. The van der Waals surface area contributed by atoms with E-state index >= 15 is 0 Å². The van der Waals surface area contributed by atoms with Crippen molar-refractivity contribution in [1.29, 1.82) is 0 Å². The molecule has 0 rings (SSSR count). The molecule has 0 bridgehead atoms. The van der Waals surface area contributed by atoms with E-state index < -0.39 is 6.20 Å². The fraction of sp³-hybridized carbons (Fsp3) is 0. The van der Waals surface area contributed by atoms with Gasteiger partial charge in [0.15, 0.2) is 0 Å². The van der Waals surface area contributed by atoms with E-state index in [4.69, 9.17) is 0 Å². The third kappa shape index (κ3) is 30.1. The molecule has 0 saturated heterocycles. The Morgan fingerprint density at radius 1 is 1.40 bits per heavy atom. The molecule has 0 aromatic heterocycles. The van der Waals surface area contributed by atoms with Crippen molar-refractivity contribution >= 4 is 30.7 Å². The van der Waals surface area contributed by atoms with Crippen LogP contribution < -0.4 is 0 Å². The number of thiol groups is 2. The first kappa shape index (κ1) is 9.70. The Kier molecular flexibility index (Phi) is 10.6. The molecule has 0 unspecified atom stereocenters. The summed E-state index contributed by atoms with van der Waals surface area (Å²) >= 11 is 6.68. The van der Waals surface area contributed by atoms with Gasteiger partial charge in [-0.2, -0.15) is 0 Å². The van der Waals surface area contributed by atoms with E-state index in [1.165, 1.54) is 0 Å². The Bertz CT molecular complexity index is 32.6. The van der Waals surface area contributed by atoms with Gasteiger partial charge in [-0.1, -0.05) is 0 Å². The van der Waals surface area contributed by atoms with Crippen LogP contribution in [0.25, 0.3) is 0 Å². The average Bonchev–Trinajstić information content (AvgIpc) is 0.811. The van der Waals surface area contributed by atoms with Crippen molar-refractivity contribution < 1.29 is 25.6 Å². The second-order valence-corrected chi connectivity index (χ2v) is 3.88. The molecule has 5 heteroatoms. The zero-order valence-corrected chi connectivity index (χ0v) is 6.85. The third-order valence-electron chi connectivity index (χ3n) is 0. The van der Waals surface area contributed by atoms with Gasteiger partial charge < -0.3 is 0 Å². The van der Waals surface area contributed by atoms with Gasteiger partial charge in [-0.3, -0.25) is 0 Å². The maximum absolute atomic E-state index is 9.32. The summed E-state index contributed by atoms with van der Waals surface area (Å²) in [5.41, 5.74) is 0. The van der Waals surface area contributed by atoms with Crippen LogP contribution in [-0.2, 0) is 25.6 Å². The molecule has 0 heterocycles. The van der Waals surface area contributed by atoms with E-state index in [0.717, 1.165) is 0 Å². The molecule has 5 heavy (non-hydrogen) atoms. The molecule has 0 radical (unpaired) electrons. The van der Waals surface area contributed by atoms with Crippen LogP contribution in [0.1, 0.15) is 0 Å². The van der Waals surface area contributed by atoms with Crippen molar-refractivity contribution in [2.45, 2.75) is 0 Å². The van der Waals surface area contributed by atoms with Gasteiger partial charge in [0.05, 0.1) is 0 Å². The average molecular weight is 209 g/mol. The maximum Gasteiger partial charge on any atom is 0.477 e. The predicted octanol–water partition coefficient (Wildman–Crippen LogP) is 1.50. The summed E-state index contributed by atoms with van der Waals surface area (Å²) in [7, 11) is 0. The van der Waals surface area contributed by atoms with Gasteiger partial charge in [-0.05, 0) is 4.57 Å². The number of hydrogen-bond acceptors (Lipinski definition) is 1. The largest absolute Gasteiger partial charge is 0.477 e. The molecule has 0 N–H and O–H groups in total. The third-order valence-corrected chi connectivity index (χ3v) is 0. The Balaban J connectivity index is 0. The first-order chi connectivity index (χ1) is 1.73. The van der Waals surface area contributed by atoms with Crippen molar-refractivity contribution in [3.05, 3.63) is 0 Å². The van der Waals surface area contributed by atoms with E-state index in [1.807, 2.05) is 0 Å². The Labute approximate surface area is 56.3 Å². The van der Waals surface area contributed by atoms with Gasteiger partial charge in [0, 0.05) is 21.1 Å². The second kappa shape index (κ2) is 5.49. The van der Waals surface area contributed by atoms with Crippen LogP contribution in [0.4, 0.5) is 0 Å². The molecule has 0 aromatic rings. The molecule has 0 atom stereocenters. The minimum atomic E-state index is -1.48. The van der Waals surface area contributed by atoms with Crippen LogP contribution in [0, 0.1) is 0 Å². The molecular formula is H2MoOPS2+. The van der Waals surface area contributed by atoms with Gasteiger partial charge in [0.1, 0.15) is 24.5 Å². The van der Waals surface area contributed by atoms with Crippen molar-refractivity contribution in [2.24, 2.45) is 0 Å². The monoisotopic (exact) mass is 211 g/mol. The molecule has 0 saturated carbocycles. The van der Waals surface area contributed by atoms with Gasteiger partial charge in [-0.15, -0.1) is 0 Å². The molecule has 0 aliphatic carbocycles. The predicted molar refractivity (Wildman–Crippen MR) is 25.6 cm³/mol. The minimum absolute atomic E-state index is 0. The van der Waals surface area contributed by atoms with Crippen molar-refractivity contribution in [3.63, 3.8) is 0 Å². The minimum Gasteiger partial charge on any atom is -0.0447 e. The van der Waals surface area contributed by atoms with Crippen molar-refractivity contribution in [1.82, 2.24) is 0 Å². The van der Waals surface area contributed by atoms with Crippen LogP contribution in [-0.4, -0.2) is 0 Å². The van der Waals surface area contributed by atoms with Crippen molar-refractivity contribution in [3.8, 4) is 0 Å². The van der Waals surface area contributed by atoms with Gasteiger partial charge in [-0.25, -0.2) is 0 Å². The van der Waals surface area contributed by atoms with Crippen LogP contribution in [0.15, 0.2) is 0 Å². The summed E-state index contributed by atoms with van der Waals surface area (Å²) < 4.78 is 9.32. The smallest absolute Gasteiger partial charge is 0.0447 e. The van der Waals surface area contributed by atoms with Crippen LogP contribution in [0.2, 0.25) is 0 Å². The Morgan fingerprint density at radius 2 is 1.40 bits per heavy atom. The standard InChI is InChI=1S/Mo.HOPS2/c;1-2(3)4/h;(H-,1,3,4)/p+1.